The number of carboxylic acid groups (broad SMARTS) is 1. The molecule has 1 amide bonds. The Kier molecular flexibility index (Phi) is 9.26. The summed E-state index contributed by atoms with van der Waals surface area (Å²) in [5, 5.41) is 18.8. The van der Waals surface area contributed by atoms with Crippen LogP contribution < -0.4 is 0 Å². The van der Waals surface area contributed by atoms with E-state index in [9.17, 15) is 14.7 Å². The molecule has 0 bridgehead atoms. The summed E-state index contributed by atoms with van der Waals surface area (Å²) in [5.74, 6) is 4.64. The molecule has 2 atom stereocenters. The van der Waals surface area contributed by atoms with Gasteiger partial charge in [0.25, 0.3) is 0 Å². The molecule has 1 heterocycles. The fourth-order valence-corrected chi connectivity index (χ4v) is 3.08. The number of ether oxygens (including phenoxy) is 1. The number of carboxylic acids is 1. The van der Waals surface area contributed by atoms with Crippen LogP contribution in [0, 0.1) is 11.8 Å². The zero-order valence-corrected chi connectivity index (χ0v) is 15.9. The smallest absolute Gasteiger partial charge is 0.329 e. The number of amides is 1. The summed E-state index contributed by atoms with van der Waals surface area (Å²) in [6.45, 7) is -0.105. The van der Waals surface area contributed by atoms with E-state index in [-0.39, 0.29) is 31.7 Å². The van der Waals surface area contributed by atoms with Gasteiger partial charge >= 0.3 is 5.97 Å². The van der Waals surface area contributed by atoms with Crippen molar-refractivity contribution in [3.63, 3.8) is 0 Å². The minimum absolute atomic E-state index is 0.0185. The number of aliphatic hydroxyl groups is 1. The number of aliphatic carboxylic acids is 1. The van der Waals surface area contributed by atoms with Gasteiger partial charge in [-0.15, -0.1) is 0 Å². The van der Waals surface area contributed by atoms with Crippen molar-refractivity contribution < 1.29 is 24.5 Å². The summed E-state index contributed by atoms with van der Waals surface area (Å²) in [6, 6.07) is 9.66. The molecule has 28 heavy (non-hydrogen) atoms. The maximum atomic E-state index is 12.4. The van der Waals surface area contributed by atoms with E-state index in [1.54, 1.807) is 11.0 Å². The zero-order valence-electron chi connectivity index (χ0n) is 15.9. The summed E-state index contributed by atoms with van der Waals surface area (Å²) >= 11 is 0. The summed E-state index contributed by atoms with van der Waals surface area (Å²) in [6.07, 6.45) is 6.69. The van der Waals surface area contributed by atoms with Crippen LogP contribution in [0.5, 0.6) is 0 Å². The van der Waals surface area contributed by atoms with Crippen LogP contribution in [-0.4, -0.2) is 58.9 Å². The maximum absolute atomic E-state index is 12.4. The Hall–Kier alpha value is -2.62. The standard InChI is InChI=1S/C22H27NO5/c24-20(16-18-8-2-1-3-9-18)13-12-19-10-4-5-11-21(25)23(19)14-6-7-15-28-17-22(26)27/h1-3,8-9,12-13,19-20,24H,4-5,10-11,14-17H2,(H,26,27)/t19-,20?/m1/s1. The Labute approximate surface area is 165 Å². The molecule has 0 radical (unpaired) electrons. The van der Waals surface area contributed by atoms with Crippen LogP contribution in [0.2, 0.25) is 0 Å². The maximum Gasteiger partial charge on any atom is 0.329 e. The minimum Gasteiger partial charge on any atom is -0.480 e. The Bertz CT molecular complexity index is 719. The molecule has 1 unspecified atom stereocenters. The van der Waals surface area contributed by atoms with E-state index < -0.39 is 12.1 Å². The molecule has 150 valence electrons. The highest BCUT2D eigenvalue weighted by atomic mass is 16.5. The molecule has 0 aromatic heterocycles. The molecular weight excluding hydrogens is 358 g/mol. The van der Waals surface area contributed by atoms with Crippen LogP contribution in [-0.2, 0) is 20.7 Å². The van der Waals surface area contributed by atoms with Crippen molar-refractivity contribution in [3.05, 3.63) is 48.0 Å². The van der Waals surface area contributed by atoms with Gasteiger partial charge < -0.3 is 19.8 Å². The molecule has 1 fully saturated rings. The minimum atomic E-state index is -1.04. The molecule has 1 aliphatic heterocycles. The topological polar surface area (TPSA) is 87.1 Å². The SMILES string of the molecule is O=C(O)COCC#CCN1C(=O)CCCC[C@@H]1C=CC(O)Cc1ccccc1. The van der Waals surface area contributed by atoms with Crippen LogP contribution in [0.25, 0.3) is 0 Å². The lowest BCUT2D eigenvalue weighted by atomic mass is 10.0. The second-order valence-corrected chi connectivity index (χ2v) is 6.72. The first kappa shape index (κ1) is 21.7. The number of aliphatic hydroxyl groups excluding tert-OH is 1. The molecule has 1 aromatic rings. The van der Waals surface area contributed by atoms with Crippen LogP contribution in [0.4, 0.5) is 0 Å². The monoisotopic (exact) mass is 385 g/mol. The van der Waals surface area contributed by atoms with Crippen molar-refractivity contribution in [1.82, 2.24) is 4.90 Å². The van der Waals surface area contributed by atoms with Gasteiger partial charge in [-0.05, 0) is 18.4 Å². The van der Waals surface area contributed by atoms with Gasteiger partial charge in [0.15, 0.2) is 0 Å². The quantitative estimate of drug-likeness (QED) is 0.406. The average molecular weight is 385 g/mol. The number of hydrogen-bond acceptors (Lipinski definition) is 4. The molecular formula is C22H27NO5. The van der Waals surface area contributed by atoms with Crippen LogP contribution in [0.15, 0.2) is 42.5 Å². The fraction of sp³-hybridized carbons (Fsp3) is 0.455. The molecule has 6 heteroatoms. The van der Waals surface area contributed by atoms with E-state index >= 15 is 0 Å². The molecule has 1 aliphatic rings. The lowest BCUT2D eigenvalue weighted by Crippen LogP contribution is -2.38. The van der Waals surface area contributed by atoms with Gasteiger partial charge in [-0.3, -0.25) is 4.79 Å². The summed E-state index contributed by atoms with van der Waals surface area (Å²) in [4.78, 5) is 24.5. The van der Waals surface area contributed by atoms with Crippen LogP contribution in [0.1, 0.15) is 31.2 Å². The van der Waals surface area contributed by atoms with E-state index in [0.29, 0.717) is 12.8 Å². The average Bonchev–Trinajstić information content (AvgIpc) is 2.85. The lowest BCUT2D eigenvalue weighted by Gasteiger charge is -2.26. The zero-order chi connectivity index (χ0) is 20.2. The normalized spacial score (nSPS) is 18.4. The van der Waals surface area contributed by atoms with Gasteiger partial charge in [-0.25, -0.2) is 4.79 Å². The third-order valence-electron chi connectivity index (χ3n) is 4.48. The Morgan fingerprint density at radius 3 is 2.82 bits per heavy atom. The van der Waals surface area contributed by atoms with E-state index in [4.69, 9.17) is 9.84 Å². The second kappa shape index (κ2) is 12.0. The summed E-state index contributed by atoms with van der Waals surface area (Å²) in [7, 11) is 0. The third-order valence-corrected chi connectivity index (χ3v) is 4.48. The first-order valence-electron chi connectivity index (χ1n) is 9.51. The van der Waals surface area contributed by atoms with Gasteiger partial charge in [0.1, 0.15) is 13.2 Å². The number of carbonyl (C=O) groups excluding carboxylic acids is 1. The van der Waals surface area contributed by atoms with Crippen molar-refractivity contribution in [2.75, 3.05) is 19.8 Å². The van der Waals surface area contributed by atoms with E-state index in [1.807, 2.05) is 36.4 Å². The van der Waals surface area contributed by atoms with Crippen molar-refractivity contribution in [2.24, 2.45) is 0 Å². The first-order chi connectivity index (χ1) is 13.6. The van der Waals surface area contributed by atoms with Crippen molar-refractivity contribution in [2.45, 2.75) is 44.2 Å². The summed E-state index contributed by atoms with van der Waals surface area (Å²) < 4.78 is 4.87. The predicted octanol–water partition coefficient (Wildman–Crippen LogP) is 2.02. The predicted molar refractivity (Wildman–Crippen MR) is 105 cm³/mol. The van der Waals surface area contributed by atoms with Crippen molar-refractivity contribution in [1.29, 1.82) is 0 Å². The fourth-order valence-electron chi connectivity index (χ4n) is 3.08. The highest BCUT2D eigenvalue weighted by molar-refractivity contribution is 5.77. The van der Waals surface area contributed by atoms with Gasteiger partial charge in [0.05, 0.1) is 18.7 Å². The van der Waals surface area contributed by atoms with Crippen LogP contribution in [0.3, 0.4) is 0 Å². The Morgan fingerprint density at radius 1 is 1.29 bits per heavy atom. The third kappa shape index (κ3) is 7.95. The number of hydrogen-bond donors (Lipinski definition) is 2. The highest BCUT2D eigenvalue weighted by Crippen LogP contribution is 2.19. The highest BCUT2D eigenvalue weighted by Gasteiger charge is 2.23. The van der Waals surface area contributed by atoms with Crippen molar-refractivity contribution in [3.8, 4) is 11.8 Å². The second-order valence-electron chi connectivity index (χ2n) is 6.72. The summed E-state index contributed by atoms with van der Waals surface area (Å²) in [5.41, 5.74) is 1.06. The van der Waals surface area contributed by atoms with Crippen molar-refractivity contribution >= 4 is 11.9 Å². The van der Waals surface area contributed by atoms with Crippen LogP contribution >= 0.6 is 0 Å². The van der Waals surface area contributed by atoms with Gasteiger partial charge in [0, 0.05) is 12.8 Å². The lowest BCUT2D eigenvalue weighted by molar-refractivity contribution is -0.141. The van der Waals surface area contributed by atoms with Gasteiger partial charge in [-0.1, -0.05) is 60.7 Å². The molecule has 0 spiro atoms. The number of likely N-dealkylation sites (tertiary alicyclic amines) is 1. The van der Waals surface area contributed by atoms with E-state index in [0.717, 1.165) is 24.8 Å². The van der Waals surface area contributed by atoms with E-state index in [1.165, 1.54) is 0 Å². The molecule has 6 nitrogen and oxygen atoms in total. The number of nitrogens with zero attached hydrogens (tertiary/aromatic N) is 1. The molecule has 0 aliphatic carbocycles. The molecule has 1 saturated heterocycles. The number of benzene rings is 1. The first-order valence-corrected chi connectivity index (χ1v) is 9.51. The number of carbonyl (C=O) groups is 2. The van der Waals surface area contributed by atoms with Gasteiger partial charge in [-0.2, -0.15) is 0 Å². The molecule has 2 rings (SSSR count). The number of rotatable bonds is 8. The van der Waals surface area contributed by atoms with E-state index in [2.05, 4.69) is 11.8 Å². The Balaban J connectivity index is 1.93. The molecule has 1 aromatic carbocycles. The van der Waals surface area contributed by atoms with Gasteiger partial charge in [0.2, 0.25) is 5.91 Å². The molecule has 2 N–H and O–H groups in total. The Morgan fingerprint density at radius 2 is 2.07 bits per heavy atom. The molecule has 0 saturated carbocycles. The largest absolute Gasteiger partial charge is 0.480 e.